The third-order valence-electron chi connectivity index (χ3n) is 17.5. The number of quaternary nitrogens is 1. The zero-order valence-electron chi connectivity index (χ0n) is 50.1. The average Bonchev–Trinajstić information content (AvgIpc) is 1.42. The summed E-state index contributed by atoms with van der Waals surface area (Å²) in [5, 5.41) is 1.34. The van der Waals surface area contributed by atoms with Crippen LogP contribution in [0.3, 0.4) is 0 Å². The van der Waals surface area contributed by atoms with Gasteiger partial charge in [0.1, 0.15) is 38.4 Å². The van der Waals surface area contributed by atoms with Crippen LogP contribution < -0.4 is 0 Å². The molecule has 2 atom stereocenters. The molecule has 1 fully saturated rings. The molecular formula is C72H44F24NO+. The molecule has 0 aromatic heterocycles. The van der Waals surface area contributed by atoms with Crippen LogP contribution in [0.15, 0.2) is 170 Å². The number of rotatable bonds is 6. The van der Waals surface area contributed by atoms with Crippen LogP contribution in [-0.4, -0.2) is 29.8 Å². The molecule has 0 amide bonds. The van der Waals surface area contributed by atoms with E-state index in [-0.39, 0.29) is 99.4 Å². The van der Waals surface area contributed by atoms with E-state index in [9.17, 15) is 105 Å². The van der Waals surface area contributed by atoms with Gasteiger partial charge in [0.05, 0.1) is 44.5 Å². The number of alkyl halides is 24. The van der Waals surface area contributed by atoms with Crippen LogP contribution in [0.5, 0.6) is 0 Å². The minimum Gasteiger partial charge on any atom is -0.364 e. The van der Waals surface area contributed by atoms with E-state index in [1.807, 2.05) is 0 Å². The van der Waals surface area contributed by atoms with Gasteiger partial charge in [-0.15, -0.1) is 0 Å². The Kier molecular flexibility index (Phi) is 16.6. The number of halogens is 24. The smallest absolute Gasteiger partial charge is 0.364 e. The summed E-state index contributed by atoms with van der Waals surface area (Å²) in [6, 6.07) is 23.7. The maximum absolute atomic E-state index is 14.7. The van der Waals surface area contributed by atoms with Crippen molar-refractivity contribution >= 4 is 21.5 Å². The molecule has 12 rings (SSSR count). The van der Waals surface area contributed by atoms with Gasteiger partial charge in [-0.25, -0.2) is 0 Å². The van der Waals surface area contributed by atoms with Crippen molar-refractivity contribution in [2.45, 2.75) is 88.6 Å². The fraction of sp³-hybridized carbons (Fsp3) is 0.222. The van der Waals surface area contributed by atoms with E-state index in [4.69, 9.17) is 4.74 Å². The highest BCUT2D eigenvalue weighted by Crippen LogP contribution is 2.54. The number of benzene rings is 10. The molecule has 510 valence electrons. The highest BCUT2D eigenvalue weighted by Gasteiger charge is 2.46. The van der Waals surface area contributed by atoms with Crippen LogP contribution in [0.25, 0.3) is 99.4 Å². The van der Waals surface area contributed by atoms with Crippen molar-refractivity contribution in [1.29, 1.82) is 0 Å². The Labute approximate surface area is 539 Å². The molecule has 0 bridgehead atoms. The van der Waals surface area contributed by atoms with Gasteiger partial charge < -0.3 is 9.22 Å². The second kappa shape index (κ2) is 23.6. The summed E-state index contributed by atoms with van der Waals surface area (Å²) in [4.78, 5) is 0. The third-order valence-corrected chi connectivity index (χ3v) is 17.5. The zero-order valence-corrected chi connectivity index (χ0v) is 50.1. The van der Waals surface area contributed by atoms with Gasteiger partial charge in [0.25, 0.3) is 0 Å². The van der Waals surface area contributed by atoms with Crippen LogP contribution in [-0.2, 0) is 67.2 Å². The summed E-state index contributed by atoms with van der Waals surface area (Å²) in [6.45, 7) is 3.14. The number of hydrogen-bond acceptors (Lipinski definition) is 1. The summed E-state index contributed by atoms with van der Waals surface area (Å²) in [5.41, 5.74) is -19.5. The molecule has 1 saturated heterocycles. The predicted molar refractivity (Wildman–Crippen MR) is 317 cm³/mol. The summed E-state index contributed by atoms with van der Waals surface area (Å²) >= 11 is 0. The van der Waals surface area contributed by atoms with Gasteiger partial charge in [0, 0.05) is 22.3 Å². The Morgan fingerprint density at radius 2 is 0.490 bits per heavy atom. The normalized spacial score (nSPS) is 16.6. The Hall–Kier alpha value is -9.04. The topological polar surface area (TPSA) is 9.23 Å². The molecule has 2 nitrogen and oxygen atoms in total. The van der Waals surface area contributed by atoms with Gasteiger partial charge in [-0.2, -0.15) is 105 Å². The SMILES string of the molecule is C[C@@H]1C[N+]2(Cc3c(-c4cc(-c5cc(C(F)(F)F)cc(C(F)(F)F)c5)cc(-c5cc(C(F)(F)F)cc(C(F)(F)F)c5)c4)cc4ccccc4c3-c3c(c(-c4cc(-c5cc(C(F)(F)F)cc(C(F)(F)F)c5)cc(-c5cc(C(F)(F)F)cc(C(F)(F)F)c5)c4)cc4ccccc34)C2)C[C@H](C)O1. The maximum atomic E-state index is 14.7. The molecule has 2 aliphatic heterocycles. The van der Waals surface area contributed by atoms with Crippen molar-refractivity contribution in [2.24, 2.45) is 0 Å². The highest BCUT2D eigenvalue weighted by atomic mass is 19.4. The number of fused-ring (bicyclic) bond motifs is 7. The van der Waals surface area contributed by atoms with Gasteiger partial charge in [-0.1, -0.05) is 48.5 Å². The van der Waals surface area contributed by atoms with E-state index >= 15 is 0 Å². The number of nitrogens with zero attached hydrogens (tertiary/aromatic N) is 1. The van der Waals surface area contributed by atoms with Crippen LogP contribution in [0.1, 0.15) is 69.5 Å². The van der Waals surface area contributed by atoms with Crippen LogP contribution in [0, 0.1) is 0 Å². The summed E-state index contributed by atoms with van der Waals surface area (Å²) < 4.78 is 359. The lowest BCUT2D eigenvalue weighted by Crippen LogP contribution is -2.58. The third kappa shape index (κ3) is 13.7. The lowest BCUT2D eigenvalue weighted by Gasteiger charge is -2.46. The Balaban J connectivity index is 1.24. The number of hydrogen-bond donors (Lipinski definition) is 0. The van der Waals surface area contributed by atoms with Crippen molar-refractivity contribution in [3.8, 4) is 77.9 Å². The first-order valence-electron chi connectivity index (χ1n) is 29.4. The number of morpholine rings is 1. The maximum Gasteiger partial charge on any atom is 0.416 e. The molecule has 0 aliphatic carbocycles. The summed E-state index contributed by atoms with van der Waals surface area (Å²) in [5.74, 6) is 0. The van der Waals surface area contributed by atoms with E-state index in [0.717, 1.165) is 36.4 Å². The molecule has 0 saturated carbocycles. The molecule has 98 heavy (non-hydrogen) atoms. The first-order chi connectivity index (χ1) is 45.3. The number of ether oxygens (including phenoxy) is 1. The highest BCUT2D eigenvalue weighted by molar-refractivity contribution is 6.12. The van der Waals surface area contributed by atoms with E-state index in [0.29, 0.717) is 70.1 Å². The lowest BCUT2D eigenvalue weighted by molar-refractivity contribution is -0.965. The van der Waals surface area contributed by atoms with Gasteiger partial charge in [0.15, 0.2) is 0 Å². The Morgan fingerprint density at radius 1 is 0.276 bits per heavy atom. The lowest BCUT2D eigenvalue weighted by atomic mass is 9.81. The fourth-order valence-corrected chi connectivity index (χ4v) is 13.5. The molecule has 2 heterocycles. The van der Waals surface area contributed by atoms with Crippen molar-refractivity contribution in [3.63, 3.8) is 0 Å². The Bertz CT molecular complexity index is 4210. The molecule has 1 spiro atoms. The van der Waals surface area contributed by atoms with Gasteiger partial charge in [0.2, 0.25) is 0 Å². The first-order valence-corrected chi connectivity index (χ1v) is 29.4. The van der Waals surface area contributed by atoms with Crippen LogP contribution in [0.4, 0.5) is 105 Å². The molecule has 26 heteroatoms. The molecule has 10 aromatic carbocycles. The minimum atomic E-state index is -5.47. The van der Waals surface area contributed by atoms with Gasteiger partial charge >= 0.3 is 49.4 Å². The monoisotopic (exact) mass is 1390 g/mol. The van der Waals surface area contributed by atoms with E-state index in [1.165, 1.54) is 0 Å². The van der Waals surface area contributed by atoms with Crippen LogP contribution in [0.2, 0.25) is 0 Å². The summed E-state index contributed by atoms with van der Waals surface area (Å²) in [6.07, 6.45) is -45.1. The minimum absolute atomic E-state index is 0.0438. The molecule has 0 N–H and O–H groups in total. The van der Waals surface area contributed by atoms with Crippen molar-refractivity contribution in [3.05, 3.63) is 225 Å². The molecule has 0 unspecified atom stereocenters. The van der Waals surface area contributed by atoms with E-state index in [1.54, 1.807) is 74.5 Å². The molecule has 10 aromatic rings. The predicted octanol–water partition coefficient (Wildman–Crippen LogP) is 24.5. The first kappa shape index (κ1) is 68.9. The zero-order chi connectivity index (χ0) is 71.2. The van der Waals surface area contributed by atoms with Crippen molar-refractivity contribution in [1.82, 2.24) is 0 Å². The molecule has 0 radical (unpaired) electrons. The average molecular weight is 1400 g/mol. The molecule has 2 aliphatic rings. The van der Waals surface area contributed by atoms with Crippen LogP contribution >= 0.6 is 0 Å². The quantitative estimate of drug-likeness (QED) is 0.119. The van der Waals surface area contributed by atoms with Crippen molar-refractivity contribution in [2.75, 3.05) is 13.1 Å². The largest absolute Gasteiger partial charge is 0.416 e. The summed E-state index contributed by atoms with van der Waals surface area (Å²) in [7, 11) is 0. The van der Waals surface area contributed by atoms with Gasteiger partial charge in [-0.3, -0.25) is 0 Å². The van der Waals surface area contributed by atoms with E-state index < -0.39 is 151 Å². The Morgan fingerprint density at radius 3 is 0.724 bits per heavy atom. The second-order valence-electron chi connectivity index (χ2n) is 24.6. The molecular weight excluding hydrogens is 1350 g/mol. The fourth-order valence-electron chi connectivity index (χ4n) is 13.5. The van der Waals surface area contributed by atoms with E-state index in [2.05, 4.69) is 0 Å². The van der Waals surface area contributed by atoms with Gasteiger partial charge in [-0.05, 0) is 223 Å². The second-order valence-corrected chi connectivity index (χ2v) is 24.6. The standard InChI is InChI=1S/C72H44F24NO/c1-35-31-97(32-36(2)98-35)33-61-59(47-13-39(43-17-49(65(73,74)75)27-50(18-43)66(76,77)78)11-40(14-47)44-19-51(67(79,80)81)28-52(20-44)68(82,83)84)25-37-7-3-5-9-57(37)63(61)64-58-10-6-4-8-38(58)26-60(62(64)34-97)48-15-41(45-21-53(69(85,86)87)29-54(22-45)70(88,89)90)12-42(16-48)46-23-55(71(91,92)93)30-56(24-46)72(94,95)96/h3-30,35-36H,31-34H2,1-2H3/q+1/t35-,36+. The van der Waals surface area contributed by atoms with Crippen molar-refractivity contribution < 1.29 is 115 Å².